The number of ether oxygens (including phenoxy) is 2. The molecule has 0 amide bonds. The van der Waals surface area contributed by atoms with Crippen LogP contribution in [0.4, 0.5) is 5.82 Å². The topological polar surface area (TPSA) is 51.7 Å². The monoisotopic (exact) mass is 326 g/mol. The van der Waals surface area contributed by atoms with Crippen LogP contribution in [0.15, 0.2) is 42.6 Å². The first-order valence-electron chi connectivity index (χ1n) is 8.30. The highest BCUT2D eigenvalue weighted by molar-refractivity contribution is 5.94. The highest BCUT2D eigenvalue weighted by Crippen LogP contribution is 2.22. The van der Waals surface area contributed by atoms with Crippen molar-refractivity contribution < 1.29 is 14.3 Å². The Kier molecular flexibility index (Phi) is 5.31. The van der Waals surface area contributed by atoms with E-state index in [9.17, 15) is 4.79 Å². The second-order valence-electron chi connectivity index (χ2n) is 5.87. The van der Waals surface area contributed by atoms with Gasteiger partial charge in [0.05, 0.1) is 0 Å². The van der Waals surface area contributed by atoms with Crippen LogP contribution in [-0.4, -0.2) is 37.3 Å². The fourth-order valence-electron chi connectivity index (χ4n) is 2.74. The minimum absolute atomic E-state index is 0.209. The number of anilines is 1. The molecule has 0 radical (unpaired) electrons. The molecule has 5 heteroatoms. The summed E-state index contributed by atoms with van der Waals surface area (Å²) in [6.45, 7) is 4.44. The first kappa shape index (κ1) is 16.3. The molecule has 3 rings (SSSR count). The first-order valence-corrected chi connectivity index (χ1v) is 8.30. The van der Waals surface area contributed by atoms with Gasteiger partial charge in [0.15, 0.2) is 0 Å². The predicted octanol–water partition coefficient (Wildman–Crippen LogP) is 3.23. The zero-order valence-electron chi connectivity index (χ0n) is 13.9. The zero-order valence-corrected chi connectivity index (χ0v) is 13.9. The van der Waals surface area contributed by atoms with Crippen LogP contribution in [0.5, 0.6) is 5.75 Å². The van der Waals surface area contributed by atoms with Crippen molar-refractivity contribution in [3.63, 3.8) is 0 Å². The summed E-state index contributed by atoms with van der Waals surface area (Å²) in [5.41, 5.74) is 1.70. The largest absolute Gasteiger partial charge is 0.490 e. The Morgan fingerprint density at radius 2 is 1.88 bits per heavy atom. The summed E-state index contributed by atoms with van der Waals surface area (Å²) in [5.74, 6) is 1.15. The standard InChI is InChI=1S/C19H22N2O3/c1-15-6-8-16(9-7-15)23-13-14-24-19(22)17-5-4-10-20-18(17)21-11-2-3-12-21/h4-10H,2-3,11-14H2,1H3. The third-order valence-electron chi connectivity index (χ3n) is 4.02. The molecule has 0 atom stereocenters. The Hall–Kier alpha value is -2.56. The Balaban J connectivity index is 1.52. The molecule has 0 bridgehead atoms. The number of rotatable bonds is 6. The second kappa shape index (κ2) is 7.81. The van der Waals surface area contributed by atoms with E-state index in [4.69, 9.17) is 9.47 Å². The molecular weight excluding hydrogens is 304 g/mol. The van der Waals surface area contributed by atoms with Crippen LogP contribution in [0.1, 0.15) is 28.8 Å². The minimum Gasteiger partial charge on any atom is -0.490 e. The van der Waals surface area contributed by atoms with Crippen molar-refractivity contribution in [1.29, 1.82) is 0 Å². The van der Waals surface area contributed by atoms with Crippen molar-refractivity contribution in [3.05, 3.63) is 53.7 Å². The maximum absolute atomic E-state index is 12.3. The number of hydrogen-bond acceptors (Lipinski definition) is 5. The molecule has 1 saturated heterocycles. The van der Waals surface area contributed by atoms with Gasteiger partial charge in [-0.15, -0.1) is 0 Å². The van der Waals surface area contributed by atoms with E-state index in [1.165, 1.54) is 5.56 Å². The van der Waals surface area contributed by atoms with Crippen molar-refractivity contribution in [1.82, 2.24) is 4.98 Å². The molecule has 5 nitrogen and oxygen atoms in total. The average Bonchev–Trinajstić information content (AvgIpc) is 3.14. The summed E-state index contributed by atoms with van der Waals surface area (Å²) < 4.78 is 10.9. The van der Waals surface area contributed by atoms with Gasteiger partial charge < -0.3 is 14.4 Å². The number of aryl methyl sites for hydroxylation is 1. The molecule has 2 aromatic rings. The van der Waals surface area contributed by atoms with Gasteiger partial charge >= 0.3 is 5.97 Å². The number of pyridine rings is 1. The maximum Gasteiger partial charge on any atom is 0.342 e. The lowest BCUT2D eigenvalue weighted by molar-refractivity contribution is 0.0451. The molecule has 2 heterocycles. The van der Waals surface area contributed by atoms with Gasteiger partial charge in [-0.2, -0.15) is 0 Å². The molecular formula is C19H22N2O3. The van der Waals surface area contributed by atoms with Gasteiger partial charge in [0, 0.05) is 19.3 Å². The lowest BCUT2D eigenvalue weighted by atomic mass is 10.2. The SMILES string of the molecule is Cc1ccc(OCCOC(=O)c2cccnc2N2CCCC2)cc1. The van der Waals surface area contributed by atoms with E-state index in [1.807, 2.05) is 31.2 Å². The van der Waals surface area contributed by atoms with Crippen LogP contribution in [0.3, 0.4) is 0 Å². The van der Waals surface area contributed by atoms with Crippen LogP contribution >= 0.6 is 0 Å². The van der Waals surface area contributed by atoms with Crippen molar-refractivity contribution in [2.24, 2.45) is 0 Å². The zero-order chi connectivity index (χ0) is 16.8. The number of carbonyl (C=O) groups is 1. The highest BCUT2D eigenvalue weighted by atomic mass is 16.6. The van der Waals surface area contributed by atoms with Crippen molar-refractivity contribution in [2.45, 2.75) is 19.8 Å². The van der Waals surface area contributed by atoms with E-state index in [-0.39, 0.29) is 12.6 Å². The number of hydrogen-bond donors (Lipinski definition) is 0. The lowest BCUT2D eigenvalue weighted by Crippen LogP contribution is -2.23. The summed E-state index contributed by atoms with van der Waals surface area (Å²) in [7, 11) is 0. The van der Waals surface area contributed by atoms with Gasteiger partial charge in [0.25, 0.3) is 0 Å². The molecule has 0 aliphatic carbocycles. The van der Waals surface area contributed by atoms with Gasteiger partial charge in [0.2, 0.25) is 0 Å². The quantitative estimate of drug-likeness (QED) is 0.602. The van der Waals surface area contributed by atoms with Crippen LogP contribution in [-0.2, 0) is 4.74 Å². The number of aromatic nitrogens is 1. The van der Waals surface area contributed by atoms with Crippen molar-refractivity contribution in [3.8, 4) is 5.75 Å². The molecule has 1 fully saturated rings. The third-order valence-corrected chi connectivity index (χ3v) is 4.02. The van der Waals surface area contributed by atoms with Crippen molar-refractivity contribution in [2.75, 3.05) is 31.2 Å². The van der Waals surface area contributed by atoms with E-state index in [2.05, 4.69) is 9.88 Å². The number of benzene rings is 1. The van der Waals surface area contributed by atoms with Gasteiger partial charge in [-0.3, -0.25) is 0 Å². The van der Waals surface area contributed by atoms with Crippen LogP contribution < -0.4 is 9.64 Å². The van der Waals surface area contributed by atoms with E-state index in [0.29, 0.717) is 12.2 Å². The average molecular weight is 326 g/mol. The predicted molar refractivity (Wildman–Crippen MR) is 92.6 cm³/mol. The van der Waals surface area contributed by atoms with E-state index < -0.39 is 0 Å². The summed E-state index contributed by atoms with van der Waals surface area (Å²) in [5, 5.41) is 0. The molecule has 0 spiro atoms. The minimum atomic E-state index is -0.350. The maximum atomic E-state index is 12.3. The summed E-state index contributed by atoms with van der Waals surface area (Å²) in [6, 6.07) is 11.3. The van der Waals surface area contributed by atoms with E-state index in [0.717, 1.165) is 37.5 Å². The van der Waals surface area contributed by atoms with Crippen LogP contribution in [0.2, 0.25) is 0 Å². The van der Waals surface area contributed by atoms with Crippen LogP contribution in [0.25, 0.3) is 0 Å². The molecule has 0 unspecified atom stereocenters. The molecule has 1 aromatic heterocycles. The van der Waals surface area contributed by atoms with E-state index >= 15 is 0 Å². The van der Waals surface area contributed by atoms with Crippen LogP contribution in [0, 0.1) is 6.92 Å². The highest BCUT2D eigenvalue weighted by Gasteiger charge is 2.21. The number of carbonyl (C=O) groups excluding carboxylic acids is 1. The number of esters is 1. The Morgan fingerprint density at radius 1 is 1.12 bits per heavy atom. The van der Waals surface area contributed by atoms with Gasteiger partial charge in [-0.1, -0.05) is 17.7 Å². The molecule has 24 heavy (non-hydrogen) atoms. The molecule has 126 valence electrons. The molecule has 1 aliphatic heterocycles. The van der Waals surface area contributed by atoms with Gasteiger partial charge in [-0.25, -0.2) is 9.78 Å². The number of nitrogens with zero attached hydrogens (tertiary/aromatic N) is 2. The molecule has 0 saturated carbocycles. The molecule has 1 aliphatic rings. The Morgan fingerprint density at radius 3 is 2.62 bits per heavy atom. The fraction of sp³-hybridized carbons (Fsp3) is 0.368. The van der Waals surface area contributed by atoms with Gasteiger partial charge in [0.1, 0.15) is 30.3 Å². The normalized spacial score (nSPS) is 13.8. The summed E-state index contributed by atoms with van der Waals surface area (Å²) in [4.78, 5) is 18.8. The fourth-order valence-corrected chi connectivity index (χ4v) is 2.74. The smallest absolute Gasteiger partial charge is 0.342 e. The van der Waals surface area contributed by atoms with Gasteiger partial charge in [-0.05, 0) is 44.0 Å². The summed E-state index contributed by atoms with van der Waals surface area (Å²) in [6.07, 6.45) is 3.98. The Labute approximate surface area is 142 Å². The van der Waals surface area contributed by atoms with E-state index in [1.54, 1.807) is 18.3 Å². The lowest BCUT2D eigenvalue weighted by Gasteiger charge is -2.19. The molecule has 0 N–H and O–H groups in total. The Bertz CT molecular complexity index is 679. The van der Waals surface area contributed by atoms with Crippen molar-refractivity contribution >= 4 is 11.8 Å². The first-order chi connectivity index (χ1) is 11.7. The second-order valence-corrected chi connectivity index (χ2v) is 5.87. The summed E-state index contributed by atoms with van der Waals surface area (Å²) >= 11 is 0. The third kappa shape index (κ3) is 4.04. The molecule has 1 aromatic carbocycles.